The molecule has 0 saturated carbocycles. The molecule has 2 N–H and O–H groups in total. The van der Waals surface area contributed by atoms with Crippen molar-refractivity contribution in [3.63, 3.8) is 0 Å². The molecule has 0 spiro atoms. The lowest BCUT2D eigenvalue weighted by atomic mass is 10.1. The van der Waals surface area contributed by atoms with Crippen molar-refractivity contribution in [2.24, 2.45) is 0 Å². The maximum absolute atomic E-state index is 13.7. The molecular formula is C24H20FNO4. The summed E-state index contributed by atoms with van der Waals surface area (Å²) in [6.45, 7) is 2.42. The minimum absolute atomic E-state index is 0.232. The van der Waals surface area contributed by atoms with Crippen molar-refractivity contribution in [2.75, 3.05) is 0 Å². The summed E-state index contributed by atoms with van der Waals surface area (Å²) in [4.78, 5) is 23.7. The molecule has 0 radical (unpaired) electrons. The van der Waals surface area contributed by atoms with Gasteiger partial charge >= 0.3 is 5.97 Å². The molecule has 30 heavy (non-hydrogen) atoms. The first-order valence-electron chi connectivity index (χ1n) is 9.21. The second-order valence-electron chi connectivity index (χ2n) is 6.64. The van der Waals surface area contributed by atoms with Crippen molar-refractivity contribution in [1.29, 1.82) is 0 Å². The van der Waals surface area contributed by atoms with E-state index >= 15 is 0 Å². The van der Waals surface area contributed by atoms with Crippen LogP contribution in [0.15, 0.2) is 78.5 Å². The monoisotopic (exact) mass is 405 g/mol. The van der Waals surface area contributed by atoms with Gasteiger partial charge in [0.2, 0.25) is 0 Å². The van der Waals surface area contributed by atoms with Crippen molar-refractivity contribution in [3.05, 3.63) is 107 Å². The molecule has 3 aromatic carbocycles. The van der Waals surface area contributed by atoms with E-state index in [2.05, 4.69) is 5.32 Å². The number of carboxylic acids is 1. The van der Waals surface area contributed by atoms with Crippen LogP contribution in [-0.2, 0) is 11.4 Å². The van der Waals surface area contributed by atoms with Gasteiger partial charge in [0, 0.05) is 0 Å². The summed E-state index contributed by atoms with van der Waals surface area (Å²) < 4.78 is 19.5. The van der Waals surface area contributed by atoms with Crippen LogP contribution in [0.4, 0.5) is 4.39 Å². The van der Waals surface area contributed by atoms with Gasteiger partial charge in [-0.2, -0.15) is 0 Å². The van der Waals surface area contributed by atoms with Crippen molar-refractivity contribution < 1.29 is 23.8 Å². The number of aliphatic carboxylic acids is 1. The highest BCUT2D eigenvalue weighted by Gasteiger charge is 2.16. The first-order valence-corrected chi connectivity index (χ1v) is 9.21. The number of aryl methyl sites for hydroxylation is 1. The predicted octanol–water partition coefficient (Wildman–Crippen LogP) is 4.57. The Morgan fingerprint density at radius 3 is 2.43 bits per heavy atom. The van der Waals surface area contributed by atoms with E-state index in [0.29, 0.717) is 17.9 Å². The average molecular weight is 405 g/mol. The lowest BCUT2D eigenvalue weighted by Gasteiger charge is -2.09. The van der Waals surface area contributed by atoms with Crippen LogP contribution in [0.3, 0.4) is 0 Å². The van der Waals surface area contributed by atoms with Crippen molar-refractivity contribution in [2.45, 2.75) is 13.5 Å². The highest BCUT2D eigenvalue weighted by atomic mass is 19.1. The Balaban J connectivity index is 1.69. The highest BCUT2D eigenvalue weighted by molar-refractivity contribution is 6.02. The number of hydrogen-bond donors (Lipinski definition) is 2. The lowest BCUT2D eigenvalue weighted by Crippen LogP contribution is -2.27. The predicted molar refractivity (Wildman–Crippen MR) is 111 cm³/mol. The molecule has 0 aliphatic carbocycles. The van der Waals surface area contributed by atoms with E-state index in [-0.39, 0.29) is 11.3 Å². The largest absolute Gasteiger partial charge is 0.489 e. The van der Waals surface area contributed by atoms with E-state index in [1.54, 1.807) is 24.3 Å². The number of amides is 1. The first kappa shape index (κ1) is 20.8. The summed E-state index contributed by atoms with van der Waals surface area (Å²) in [7, 11) is 0. The molecule has 152 valence electrons. The van der Waals surface area contributed by atoms with Gasteiger partial charge in [0.25, 0.3) is 5.91 Å². The summed E-state index contributed by atoms with van der Waals surface area (Å²) in [5.41, 5.74) is 2.14. The third-order valence-corrected chi connectivity index (χ3v) is 4.28. The minimum Gasteiger partial charge on any atom is -0.489 e. The molecular weight excluding hydrogens is 385 g/mol. The van der Waals surface area contributed by atoms with Gasteiger partial charge in [-0.15, -0.1) is 0 Å². The van der Waals surface area contributed by atoms with Crippen LogP contribution in [0, 0.1) is 12.7 Å². The molecule has 3 rings (SSSR count). The molecule has 0 saturated heterocycles. The molecule has 0 bridgehead atoms. The number of carboxylic acid groups (broad SMARTS) is 1. The Bertz CT molecular complexity index is 1090. The molecule has 0 heterocycles. The van der Waals surface area contributed by atoms with Gasteiger partial charge in [0.05, 0.1) is 5.56 Å². The van der Waals surface area contributed by atoms with Gasteiger partial charge in [-0.25, -0.2) is 9.18 Å². The molecule has 1 amide bonds. The Hall–Kier alpha value is -3.93. The summed E-state index contributed by atoms with van der Waals surface area (Å²) in [6, 6.07) is 20.1. The summed E-state index contributed by atoms with van der Waals surface area (Å²) in [5.74, 6) is -2.27. The van der Waals surface area contributed by atoms with Gasteiger partial charge < -0.3 is 15.2 Å². The zero-order valence-corrected chi connectivity index (χ0v) is 16.3. The van der Waals surface area contributed by atoms with Crippen molar-refractivity contribution in [1.82, 2.24) is 5.32 Å². The van der Waals surface area contributed by atoms with Gasteiger partial charge in [-0.05, 0) is 48.4 Å². The molecule has 3 aromatic rings. The van der Waals surface area contributed by atoms with E-state index in [9.17, 15) is 19.1 Å². The smallest absolute Gasteiger partial charge is 0.352 e. The molecule has 0 aliphatic rings. The Morgan fingerprint density at radius 2 is 1.77 bits per heavy atom. The summed E-state index contributed by atoms with van der Waals surface area (Å²) in [5, 5.41) is 11.6. The van der Waals surface area contributed by atoms with E-state index in [1.807, 2.05) is 31.2 Å². The van der Waals surface area contributed by atoms with Crippen LogP contribution in [0.1, 0.15) is 27.0 Å². The van der Waals surface area contributed by atoms with Crippen LogP contribution in [0.25, 0.3) is 6.08 Å². The molecule has 0 unspecified atom stereocenters. The molecule has 0 atom stereocenters. The van der Waals surface area contributed by atoms with E-state index in [4.69, 9.17) is 4.74 Å². The second kappa shape index (κ2) is 9.52. The minimum atomic E-state index is -1.33. The van der Waals surface area contributed by atoms with Gasteiger partial charge in [0.15, 0.2) is 0 Å². The lowest BCUT2D eigenvalue weighted by molar-refractivity contribution is -0.132. The maximum Gasteiger partial charge on any atom is 0.352 e. The van der Waals surface area contributed by atoms with E-state index in [1.165, 1.54) is 24.3 Å². The molecule has 0 fully saturated rings. The van der Waals surface area contributed by atoms with Gasteiger partial charge in [-0.1, -0.05) is 54.1 Å². The van der Waals surface area contributed by atoms with Crippen LogP contribution in [0.5, 0.6) is 5.75 Å². The normalized spacial score (nSPS) is 11.1. The summed E-state index contributed by atoms with van der Waals surface area (Å²) in [6.07, 6.45) is 1.30. The number of carbonyl (C=O) groups excluding carboxylic acids is 1. The molecule has 5 nitrogen and oxygen atoms in total. The maximum atomic E-state index is 13.7. The fourth-order valence-electron chi connectivity index (χ4n) is 2.78. The van der Waals surface area contributed by atoms with Crippen LogP contribution in [-0.4, -0.2) is 17.0 Å². The standard InChI is InChI=1S/C24H20FNO4/c1-16-5-4-6-18(13-16)15-30-19-11-9-17(10-12-19)14-22(24(28)29)26-23(27)20-7-2-3-8-21(20)25/h2-14H,15H2,1H3,(H,26,27)(H,28,29)/b22-14+. The number of hydrogen-bond acceptors (Lipinski definition) is 3. The number of carbonyl (C=O) groups is 2. The third kappa shape index (κ3) is 5.54. The van der Waals surface area contributed by atoms with Crippen LogP contribution in [0.2, 0.25) is 0 Å². The first-order chi connectivity index (χ1) is 14.4. The van der Waals surface area contributed by atoms with Crippen molar-refractivity contribution in [3.8, 4) is 5.75 Å². The zero-order chi connectivity index (χ0) is 21.5. The Kier molecular flexibility index (Phi) is 6.60. The average Bonchev–Trinajstić information content (AvgIpc) is 2.73. The van der Waals surface area contributed by atoms with Crippen molar-refractivity contribution >= 4 is 18.0 Å². The Labute approximate surface area is 173 Å². The zero-order valence-electron chi connectivity index (χ0n) is 16.3. The fraction of sp³-hybridized carbons (Fsp3) is 0.0833. The topological polar surface area (TPSA) is 75.6 Å². The van der Waals surface area contributed by atoms with E-state index < -0.39 is 17.7 Å². The number of rotatable bonds is 7. The van der Waals surface area contributed by atoms with E-state index in [0.717, 1.165) is 17.2 Å². The quantitative estimate of drug-likeness (QED) is 0.565. The van der Waals surface area contributed by atoms with Gasteiger partial charge in [-0.3, -0.25) is 4.79 Å². The number of benzene rings is 3. The fourth-order valence-corrected chi connectivity index (χ4v) is 2.78. The highest BCUT2D eigenvalue weighted by Crippen LogP contribution is 2.17. The molecule has 6 heteroatoms. The Morgan fingerprint density at radius 1 is 1.03 bits per heavy atom. The summed E-state index contributed by atoms with van der Waals surface area (Å²) >= 11 is 0. The number of halogens is 1. The molecule has 0 aliphatic heterocycles. The SMILES string of the molecule is Cc1cccc(COc2ccc(/C=C(/NC(=O)c3ccccc3F)C(=O)O)cc2)c1. The van der Waals surface area contributed by atoms with Crippen LogP contribution < -0.4 is 10.1 Å². The van der Waals surface area contributed by atoms with Crippen LogP contribution >= 0.6 is 0 Å². The number of nitrogens with one attached hydrogen (secondary N) is 1. The van der Waals surface area contributed by atoms with Gasteiger partial charge in [0.1, 0.15) is 23.9 Å². The number of ether oxygens (including phenoxy) is 1. The second-order valence-corrected chi connectivity index (χ2v) is 6.64. The molecule has 0 aromatic heterocycles. The third-order valence-electron chi connectivity index (χ3n) is 4.28.